The minimum atomic E-state index is -1.61. The SMILES string of the molecule is Cc1ccc(NN2C(=O)C3CC4C(=CCn5c(=O)n(C)c(=O)n54)C(c4cccc(F)c4O)C3(c3ccccc3)C2=O)cc1. The van der Waals surface area contributed by atoms with Crippen LogP contribution in [-0.4, -0.2) is 35.9 Å². The number of carbonyl (C=O) groups excluding carboxylic acids is 2. The van der Waals surface area contributed by atoms with Gasteiger partial charge in [0.2, 0.25) is 0 Å². The molecule has 11 heteroatoms. The molecule has 218 valence electrons. The van der Waals surface area contributed by atoms with Crippen molar-refractivity contribution >= 4 is 17.5 Å². The fourth-order valence-corrected chi connectivity index (χ4v) is 7.23. The summed E-state index contributed by atoms with van der Waals surface area (Å²) in [5.74, 6) is -4.70. The van der Waals surface area contributed by atoms with Gasteiger partial charge in [-0.2, -0.15) is 5.01 Å². The van der Waals surface area contributed by atoms with Gasteiger partial charge in [0, 0.05) is 18.5 Å². The first-order chi connectivity index (χ1) is 20.7. The highest BCUT2D eigenvalue weighted by atomic mass is 19.1. The number of para-hydroxylation sites is 1. The number of aromatic nitrogens is 3. The average Bonchev–Trinajstić information content (AvgIpc) is 3.37. The standard InChI is InChI=1S/C32H28FN5O5/c1-18-11-13-20(14-12-18)34-37-28(40)23-17-25-21(15-16-36-30(42)35(2)31(43)38(25)36)26(22-9-6-10-24(33)27(22)39)32(23,29(37)41)19-7-4-3-5-8-19/h3-15,23,25-26,34,39H,16-17H2,1-2H3. The third kappa shape index (κ3) is 3.57. The molecule has 1 aliphatic carbocycles. The van der Waals surface area contributed by atoms with Crippen molar-refractivity contribution in [3.63, 3.8) is 0 Å². The number of anilines is 1. The molecule has 0 spiro atoms. The van der Waals surface area contributed by atoms with Crippen LogP contribution in [0.4, 0.5) is 10.1 Å². The molecule has 4 unspecified atom stereocenters. The lowest BCUT2D eigenvalue weighted by molar-refractivity contribution is -0.138. The summed E-state index contributed by atoms with van der Waals surface area (Å²) in [5.41, 5.74) is 3.00. The van der Waals surface area contributed by atoms with Gasteiger partial charge in [-0.05, 0) is 42.7 Å². The van der Waals surface area contributed by atoms with Gasteiger partial charge < -0.3 is 5.11 Å². The molecule has 3 aromatic carbocycles. The largest absolute Gasteiger partial charge is 0.505 e. The molecule has 10 nitrogen and oxygen atoms in total. The molecule has 0 bridgehead atoms. The van der Waals surface area contributed by atoms with Crippen molar-refractivity contribution in [3.8, 4) is 5.75 Å². The normalized spacial score (nSPS) is 24.3. The van der Waals surface area contributed by atoms with Crippen molar-refractivity contribution in [3.05, 3.63) is 128 Å². The van der Waals surface area contributed by atoms with Crippen molar-refractivity contribution < 1.29 is 19.1 Å². The molecule has 43 heavy (non-hydrogen) atoms. The zero-order valence-electron chi connectivity index (χ0n) is 23.4. The number of hydrogen-bond donors (Lipinski definition) is 2. The Balaban J connectivity index is 1.52. The van der Waals surface area contributed by atoms with E-state index >= 15 is 4.39 Å². The van der Waals surface area contributed by atoms with Crippen LogP contribution in [0.5, 0.6) is 5.75 Å². The number of phenolic OH excluding ortho intramolecular Hbond substituents is 1. The first-order valence-electron chi connectivity index (χ1n) is 14.0. The van der Waals surface area contributed by atoms with Crippen molar-refractivity contribution in [2.24, 2.45) is 13.0 Å². The summed E-state index contributed by atoms with van der Waals surface area (Å²) in [6.07, 6.45) is 1.78. The van der Waals surface area contributed by atoms with Crippen LogP contribution in [0.1, 0.15) is 35.1 Å². The Kier molecular flexibility index (Phi) is 5.84. The number of hydrazine groups is 1. The van der Waals surface area contributed by atoms with Crippen LogP contribution >= 0.6 is 0 Å². The lowest BCUT2D eigenvalue weighted by atomic mass is 9.53. The van der Waals surface area contributed by atoms with E-state index in [9.17, 15) is 24.3 Å². The molecule has 4 aromatic rings. The van der Waals surface area contributed by atoms with Crippen LogP contribution in [-0.2, 0) is 28.6 Å². The van der Waals surface area contributed by atoms with E-state index in [2.05, 4.69) is 5.43 Å². The van der Waals surface area contributed by atoms with Gasteiger partial charge in [-0.25, -0.2) is 27.9 Å². The third-order valence-electron chi connectivity index (χ3n) is 9.18. The Morgan fingerprint density at radius 2 is 1.65 bits per heavy atom. The summed E-state index contributed by atoms with van der Waals surface area (Å²) in [6, 6.07) is 19.3. The summed E-state index contributed by atoms with van der Waals surface area (Å²) in [6.45, 7) is 1.95. The molecule has 4 atom stereocenters. The monoisotopic (exact) mass is 581 g/mol. The molecule has 2 fully saturated rings. The van der Waals surface area contributed by atoms with E-state index in [1.807, 2.05) is 19.1 Å². The Morgan fingerprint density at radius 1 is 0.930 bits per heavy atom. The second-order valence-corrected chi connectivity index (χ2v) is 11.4. The molecule has 1 aromatic heterocycles. The van der Waals surface area contributed by atoms with Crippen molar-refractivity contribution in [1.82, 2.24) is 18.9 Å². The maximum atomic E-state index is 15.0. The topological polar surface area (TPSA) is 119 Å². The molecular weight excluding hydrogens is 553 g/mol. The number of phenols is 1. The third-order valence-corrected chi connectivity index (χ3v) is 9.18. The fraction of sp³-hybridized carbons (Fsp3) is 0.250. The van der Waals surface area contributed by atoms with Crippen LogP contribution in [0.15, 0.2) is 94.0 Å². The molecule has 2 aliphatic heterocycles. The quantitative estimate of drug-likeness (QED) is 0.283. The van der Waals surface area contributed by atoms with Crippen LogP contribution in [0, 0.1) is 18.7 Å². The molecule has 7 rings (SSSR count). The Bertz CT molecular complexity index is 1960. The summed E-state index contributed by atoms with van der Waals surface area (Å²) in [4.78, 5) is 55.6. The van der Waals surface area contributed by atoms with E-state index in [0.717, 1.165) is 21.2 Å². The number of allylic oxidation sites excluding steroid dienone is 2. The Morgan fingerprint density at radius 3 is 2.37 bits per heavy atom. The van der Waals surface area contributed by atoms with Crippen molar-refractivity contribution in [2.75, 3.05) is 5.43 Å². The van der Waals surface area contributed by atoms with Gasteiger partial charge in [0.1, 0.15) is 0 Å². The summed E-state index contributed by atoms with van der Waals surface area (Å²) >= 11 is 0. The summed E-state index contributed by atoms with van der Waals surface area (Å²) < 4.78 is 18.6. The van der Waals surface area contributed by atoms with E-state index in [0.29, 0.717) is 16.8 Å². The van der Waals surface area contributed by atoms with Gasteiger partial charge in [0.15, 0.2) is 11.6 Å². The van der Waals surface area contributed by atoms with Gasteiger partial charge in [0.05, 0.1) is 29.6 Å². The highest BCUT2D eigenvalue weighted by molar-refractivity contribution is 6.12. The van der Waals surface area contributed by atoms with Gasteiger partial charge in [0.25, 0.3) is 11.8 Å². The number of amides is 2. The number of benzene rings is 3. The molecule has 2 N–H and O–H groups in total. The van der Waals surface area contributed by atoms with Gasteiger partial charge in [-0.1, -0.05) is 66.2 Å². The molecule has 3 heterocycles. The minimum absolute atomic E-state index is 0.0211. The Hall–Kier alpha value is -5.19. The number of nitrogens with one attached hydrogen (secondary N) is 1. The number of aromatic hydroxyl groups is 1. The smallest absolute Gasteiger partial charge is 0.347 e. The van der Waals surface area contributed by atoms with E-state index in [1.54, 1.807) is 48.5 Å². The number of fused-ring (bicyclic) bond motifs is 4. The fourth-order valence-electron chi connectivity index (χ4n) is 7.23. The predicted molar refractivity (Wildman–Crippen MR) is 155 cm³/mol. The molecule has 1 saturated carbocycles. The zero-order valence-corrected chi connectivity index (χ0v) is 23.4. The number of rotatable bonds is 4. The zero-order chi connectivity index (χ0) is 30.2. The van der Waals surface area contributed by atoms with Crippen LogP contribution in [0.2, 0.25) is 0 Å². The lowest BCUT2D eigenvalue weighted by Crippen LogP contribution is -2.53. The van der Waals surface area contributed by atoms with Crippen molar-refractivity contribution in [2.45, 2.75) is 37.3 Å². The van der Waals surface area contributed by atoms with Gasteiger partial charge in [-0.15, -0.1) is 0 Å². The number of aryl methyl sites for hydroxylation is 1. The maximum Gasteiger partial charge on any atom is 0.347 e. The van der Waals surface area contributed by atoms with Gasteiger partial charge >= 0.3 is 11.4 Å². The van der Waals surface area contributed by atoms with Crippen LogP contribution < -0.4 is 16.8 Å². The molecule has 1 saturated heterocycles. The molecular formula is C32H28FN5O5. The highest BCUT2D eigenvalue weighted by Gasteiger charge is 2.69. The predicted octanol–water partition coefficient (Wildman–Crippen LogP) is 3.12. The van der Waals surface area contributed by atoms with Crippen LogP contribution in [0.3, 0.4) is 0 Å². The Labute approximate surface area is 244 Å². The average molecular weight is 582 g/mol. The van der Waals surface area contributed by atoms with Gasteiger partial charge in [-0.3, -0.25) is 15.0 Å². The second-order valence-electron chi connectivity index (χ2n) is 11.4. The molecule has 2 amide bonds. The molecule has 3 aliphatic rings. The first kappa shape index (κ1) is 26.7. The van der Waals surface area contributed by atoms with E-state index in [4.69, 9.17) is 0 Å². The number of hydrogen-bond acceptors (Lipinski definition) is 6. The lowest BCUT2D eigenvalue weighted by Gasteiger charge is -2.49. The van der Waals surface area contributed by atoms with E-state index in [-0.39, 0.29) is 18.5 Å². The number of imide groups is 1. The second kappa shape index (κ2) is 9.41. The van der Waals surface area contributed by atoms with Crippen LogP contribution in [0.25, 0.3) is 0 Å². The van der Waals surface area contributed by atoms with E-state index < -0.39 is 58.1 Å². The minimum Gasteiger partial charge on any atom is -0.505 e. The summed E-state index contributed by atoms with van der Waals surface area (Å²) in [5, 5.41) is 12.1. The van der Waals surface area contributed by atoms with E-state index in [1.165, 1.54) is 28.5 Å². The number of halogens is 1. The number of nitrogens with zero attached hydrogens (tertiary/aromatic N) is 4. The number of carbonyl (C=O) groups is 2. The maximum absolute atomic E-state index is 15.0. The van der Waals surface area contributed by atoms with Crippen molar-refractivity contribution in [1.29, 1.82) is 0 Å². The summed E-state index contributed by atoms with van der Waals surface area (Å²) in [7, 11) is 1.38. The first-order valence-corrected chi connectivity index (χ1v) is 14.0. The molecule has 0 radical (unpaired) electrons. The highest BCUT2D eigenvalue weighted by Crippen LogP contribution is 2.62.